The maximum atomic E-state index is 12.5. The van der Waals surface area contributed by atoms with E-state index in [-0.39, 0.29) is 6.61 Å². The van der Waals surface area contributed by atoms with Gasteiger partial charge in [-0.25, -0.2) is 9.59 Å². The van der Waals surface area contributed by atoms with Gasteiger partial charge >= 0.3 is 12.0 Å². The Morgan fingerprint density at radius 2 is 1.88 bits per heavy atom. The van der Waals surface area contributed by atoms with Gasteiger partial charge in [-0.3, -0.25) is 9.69 Å². The highest BCUT2D eigenvalue weighted by Gasteiger charge is 2.40. The number of esters is 1. The molecule has 1 aliphatic rings. The van der Waals surface area contributed by atoms with Gasteiger partial charge < -0.3 is 9.84 Å². The highest BCUT2D eigenvalue weighted by Crippen LogP contribution is 2.23. The molecule has 1 heterocycles. The summed E-state index contributed by atoms with van der Waals surface area (Å²) in [6, 6.07) is 7.01. The number of aliphatic hydroxyl groups excluding tert-OH is 1. The van der Waals surface area contributed by atoms with Gasteiger partial charge in [-0.1, -0.05) is 30.3 Å². The Kier molecular flexibility index (Phi) is 5.13. The molecule has 7 heteroatoms. The SMILES string of the molecule is CCOC(=O)C(C1=NC(=O)N(C(C)C)C1=O)=C(O)c1ccccc1. The molecule has 0 saturated carbocycles. The van der Waals surface area contributed by atoms with E-state index in [4.69, 9.17) is 4.74 Å². The summed E-state index contributed by atoms with van der Waals surface area (Å²) in [5.74, 6) is -2.11. The Morgan fingerprint density at radius 1 is 1.25 bits per heavy atom. The van der Waals surface area contributed by atoms with Gasteiger partial charge in [0.15, 0.2) is 5.71 Å². The van der Waals surface area contributed by atoms with Gasteiger partial charge in [0.2, 0.25) is 0 Å². The Bertz CT molecular complexity index is 735. The highest BCUT2D eigenvalue weighted by molar-refractivity contribution is 6.57. The largest absolute Gasteiger partial charge is 0.506 e. The molecular formula is C17H18N2O5. The zero-order valence-corrected chi connectivity index (χ0v) is 13.6. The number of amides is 3. The molecule has 1 aromatic carbocycles. The van der Waals surface area contributed by atoms with Crippen LogP contribution in [-0.4, -0.2) is 46.3 Å². The second-order valence-electron chi connectivity index (χ2n) is 5.32. The summed E-state index contributed by atoms with van der Waals surface area (Å²) in [5.41, 5.74) is -0.510. The van der Waals surface area contributed by atoms with Crippen LogP contribution < -0.4 is 0 Å². The average Bonchev–Trinajstić information content (AvgIpc) is 2.83. The molecule has 3 amide bonds. The van der Waals surface area contributed by atoms with Gasteiger partial charge in [0, 0.05) is 11.6 Å². The fraction of sp³-hybridized carbons (Fsp3) is 0.294. The Balaban J connectivity index is 2.57. The number of nitrogens with zero attached hydrogens (tertiary/aromatic N) is 2. The number of rotatable bonds is 5. The number of aliphatic imine (C=N–C) groups is 1. The molecule has 24 heavy (non-hydrogen) atoms. The van der Waals surface area contributed by atoms with Crippen molar-refractivity contribution in [3.05, 3.63) is 41.5 Å². The second-order valence-corrected chi connectivity index (χ2v) is 5.32. The Morgan fingerprint density at radius 3 is 2.38 bits per heavy atom. The molecule has 0 aliphatic carbocycles. The summed E-state index contributed by atoms with van der Waals surface area (Å²) >= 11 is 0. The predicted octanol–water partition coefficient (Wildman–Crippen LogP) is 2.33. The number of hydrogen-bond acceptors (Lipinski definition) is 5. The van der Waals surface area contributed by atoms with Crippen LogP contribution in [0.5, 0.6) is 0 Å². The second kappa shape index (κ2) is 7.08. The van der Waals surface area contributed by atoms with Gasteiger partial charge in [-0.05, 0) is 20.8 Å². The summed E-state index contributed by atoms with van der Waals surface area (Å²) in [6.45, 7) is 4.95. The summed E-state index contributed by atoms with van der Waals surface area (Å²) in [5, 5.41) is 10.5. The van der Waals surface area contributed by atoms with Crippen molar-refractivity contribution in [2.75, 3.05) is 6.61 Å². The van der Waals surface area contributed by atoms with Crippen LogP contribution in [0.15, 0.2) is 40.9 Å². The molecule has 2 rings (SSSR count). The van der Waals surface area contributed by atoms with Gasteiger partial charge in [0.05, 0.1) is 6.61 Å². The third-order valence-electron chi connectivity index (χ3n) is 3.35. The lowest BCUT2D eigenvalue weighted by molar-refractivity contribution is -0.138. The Hall–Kier alpha value is -2.96. The quantitative estimate of drug-likeness (QED) is 0.508. The zero-order valence-electron chi connectivity index (χ0n) is 13.6. The number of ether oxygens (including phenoxy) is 1. The van der Waals surface area contributed by atoms with Crippen LogP contribution in [-0.2, 0) is 14.3 Å². The smallest absolute Gasteiger partial charge is 0.351 e. The van der Waals surface area contributed by atoms with Gasteiger partial charge in [0.1, 0.15) is 11.3 Å². The molecule has 0 aromatic heterocycles. The van der Waals surface area contributed by atoms with E-state index >= 15 is 0 Å². The van der Waals surface area contributed by atoms with Crippen LogP contribution in [0, 0.1) is 0 Å². The normalized spacial score (nSPS) is 15.5. The number of carbonyl (C=O) groups excluding carboxylic acids is 3. The van der Waals surface area contributed by atoms with Crippen molar-refractivity contribution >= 4 is 29.4 Å². The van der Waals surface area contributed by atoms with Crippen molar-refractivity contribution in [2.45, 2.75) is 26.8 Å². The fourth-order valence-electron chi connectivity index (χ4n) is 2.27. The first-order valence-corrected chi connectivity index (χ1v) is 7.50. The number of hydrogen-bond donors (Lipinski definition) is 1. The van der Waals surface area contributed by atoms with Crippen molar-refractivity contribution < 1.29 is 24.2 Å². The third kappa shape index (κ3) is 3.19. The van der Waals surface area contributed by atoms with Crippen molar-refractivity contribution in [1.29, 1.82) is 0 Å². The zero-order chi connectivity index (χ0) is 17.9. The minimum absolute atomic E-state index is 0.0493. The molecule has 0 spiro atoms. The number of imide groups is 1. The first kappa shape index (κ1) is 17.4. The first-order chi connectivity index (χ1) is 11.4. The Labute approximate surface area is 139 Å². The van der Waals surface area contributed by atoms with Crippen LogP contribution in [0.2, 0.25) is 0 Å². The van der Waals surface area contributed by atoms with E-state index in [1.165, 1.54) is 0 Å². The molecule has 0 saturated heterocycles. The van der Waals surface area contributed by atoms with Crippen LogP contribution >= 0.6 is 0 Å². The van der Waals surface area contributed by atoms with E-state index in [0.29, 0.717) is 5.56 Å². The standard InChI is InChI=1S/C17H18N2O5/c1-4-24-16(22)12(14(20)11-8-6-5-7-9-11)13-15(21)19(10(2)3)17(23)18-13/h5-10,20H,4H2,1-3H3. The maximum Gasteiger partial charge on any atom is 0.351 e. The van der Waals surface area contributed by atoms with E-state index < -0.39 is 41.0 Å². The minimum atomic E-state index is -0.913. The van der Waals surface area contributed by atoms with Crippen LogP contribution in [0.1, 0.15) is 26.3 Å². The van der Waals surface area contributed by atoms with Crippen molar-refractivity contribution in [3.8, 4) is 0 Å². The van der Waals surface area contributed by atoms with E-state index in [1.807, 2.05) is 0 Å². The molecular weight excluding hydrogens is 312 g/mol. The molecule has 126 valence electrons. The number of carbonyl (C=O) groups is 3. The molecule has 0 atom stereocenters. The number of benzene rings is 1. The number of urea groups is 1. The summed E-state index contributed by atoms with van der Waals surface area (Å²) in [4.78, 5) is 41.3. The average molecular weight is 330 g/mol. The summed E-state index contributed by atoms with van der Waals surface area (Å²) in [7, 11) is 0. The van der Waals surface area contributed by atoms with Crippen molar-refractivity contribution in [1.82, 2.24) is 4.90 Å². The first-order valence-electron chi connectivity index (χ1n) is 7.50. The van der Waals surface area contributed by atoms with E-state index in [1.54, 1.807) is 51.1 Å². The fourth-order valence-corrected chi connectivity index (χ4v) is 2.27. The van der Waals surface area contributed by atoms with E-state index in [0.717, 1.165) is 4.90 Å². The summed E-state index contributed by atoms with van der Waals surface area (Å²) in [6.07, 6.45) is 0. The van der Waals surface area contributed by atoms with Crippen LogP contribution in [0.3, 0.4) is 0 Å². The molecule has 1 aromatic rings. The molecule has 0 unspecified atom stereocenters. The van der Waals surface area contributed by atoms with Crippen LogP contribution in [0.4, 0.5) is 4.79 Å². The van der Waals surface area contributed by atoms with E-state index in [2.05, 4.69) is 4.99 Å². The van der Waals surface area contributed by atoms with Gasteiger partial charge in [-0.15, -0.1) is 0 Å². The van der Waals surface area contributed by atoms with Crippen molar-refractivity contribution in [3.63, 3.8) is 0 Å². The molecule has 1 N–H and O–H groups in total. The maximum absolute atomic E-state index is 12.5. The monoisotopic (exact) mass is 330 g/mol. The highest BCUT2D eigenvalue weighted by atomic mass is 16.5. The predicted molar refractivity (Wildman–Crippen MR) is 87.4 cm³/mol. The summed E-state index contributed by atoms with van der Waals surface area (Å²) < 4.78 is 4.92. The number of aliphatic hydroxyl groups is 1. The topological polar surface area (TPSA) is 96.3 Å². The lowest BCUT2D eigenvalue weighted by Gasteiger charge is -2.17. The van der Waals surface area contributed by atoms with Crippen LogP contribution in [0.25, 0.3) is 5.76 Å². The molecule has 0 fully saturated rings. The molecule has 7 nitrogen and oxygen atoms in total. The van der Waals surface area contributed by atoms with E-state index in [9.17, 15) is 19.5 Å². The third-order valence-corrected chi connectivity index (χ3v) is 3.35. The minimum Gasteiger partial charge on any atom is -0.506 e. The lowest BCUT2D eigenvalue weighted by Crippen LogP contribution is -2.39. The van der Waals surface area contributed by atoms with Gasteiger partial charge in [0.25, 0.3) is 5.91 Å². The molecule has 0 radical (unpaired) electrons. The van der Waals surface area contributed by atoms with Gasteiger partial charge in [-0.2, -0.15) is 4.99 Å². The molecule has 1 aliphatic heterocycles. The lowest BCUT2D eigenvalue weighted by atomic mass is 10.0. The molecule has 0 bridgehead atoms. The van der Waals surface area contributed by atoms with Crippen molar-refractivity contribution in [2.24, 2.45) is 4.99 Å².